The van der Waals surface area contributed by atoms with Crippen molar-refractivity contribution in [2.75, 3.05) is 19.9 Å². The van der Waals surface area contributed by atoms with Crippen molar-refractivity contribution < 1.29 is 32.4 Å². The number of nitrogens with zero attached hydrogens (tertiary/aromatic N) is 2. The van der Waals surface area contributed by atoms with Crippen LogP contribution in [0.25, 0.3) is 0 Å². The number of nitro benzene ring substituents is 1. The van der Waals surface area contributed by atoms with Crippen LogP contribution in [0.4, 0.5) is 10.5 Å². The van der Waals surface area contributed by atoms with E-state index in [1.807, 2.05) is 0 Å². The van der Waals surface area contributed by atoms with Gasteiger partial charge >= 0.3 is 12.1 Å². The van der Waals surface area contributed by atoms with E-state index < -0.39 is 44.4 Å². The number of hydrogen-bond acceptors (Lipinski definition) is 8. The van der Waals surface area contributed by atoms with Crippen LogP contribution in [0.5, 0.6) is 0 Å². The predicted octanol–water partition coefficient (Wildman–Crippen LogP) is 2.47. The third-order valence-electron chi connectivity index (χ3n) is 4.45. The first-order valence-corrected chi connectivity index (χ1v) is 10.7. The lowest BCUT2D eigenvalue weighted by Crippen LogP contribution is -2.38. The second-order valence-electron chi connectivity index (χ2n) is 7.79. The molecule has 1 aromatic carbocycles. The summed E-state index contributed by atoms with van der Waals surface area (Å²) in [4.78, 5) is 36.7. The van der Waals surface area contributed by atoms with E-state index in [2.05, 4.69) is 0 Å². The molecule has 0 saturated carbocycles. The molecule has 1 aliphatic heterocycles. The summed E-state index contributed by atoms with van der Waals surface area (Å²) in [5.41, 5.74) is -1.19. The molecule has 1 aliphatic rings. The lowest BCUT2D eigenvalue weighted by atomic mass is 9.93. The zero-order chi connectivity index (χ0) is 22.1. The number of esters is 1. The normalized spacial score (nSPS) is 19.7. The van der Waals surface area contributed by atoms with Gasteiger partial charge in [0.25, 0.3) is 5.69 Å². The number of amides is 1. The number of sulfone groups is 1. The fourth-order valence-corrected chi connectivity index (χ4v) is 4.24. The molecule has 2 rings (SSSR count). The molecular weight excluding hydrogens is 404 g/mol. The summed E-state index contributed by atoms with van der Waals surface area (Å²) in [5.74, 6) is -1.54. The maximum atomic E-state index is 12.7. The van der Waals surface area contributed by atoms with E-state index in [0.29, 0.717) is 0 Å². The van der Waals surface area contributed by atoms with Gasteiger partial charge in [0, 0.05) is 30.5 Å². The summed E-state index contributed by atoms with van der Waals surface area (Å²) < 4.78 is 34.9. The van der Waals surface area contributed by atoms with Crippen molar-refractivity contribution in [3.63, 3.8) is 0 Å². The van der Waals surface area contributed by atoms with Gasteiger partial charge in [0.2, 0.25) is 0 Å². The molecule has 0 N–H and O–H groups in total. The van der Waals surface area contributed by atoms with Gasteiger partial charge in [0.1, 0.15) is 5.60 Å². The summed E-state index contributed by atoms with van der Waals surface area (Å²) in [6.45, 7) is 5.11. The first-order chi connectivity index (χ1) is 13.3. The molecular formula is C18H24N2O8S. The Morgan fingerprint density at radius 1 is 1.28 bits per heavy atom. The average Bonchev–Trinajstić information content (AvgIpc) is 3.03. The Morgan fingerprint density at radius 3 is 2.38 bits per heavy atom. The molecule has 10 nitrogen and oxygen atoms in total. The number of carbonyl (C=O) groups excluding carboxylic acids is 2. The summed E-state index contributed by atoms with van der Waals surface area (Å²) in [7, 11) is -2.63. The van der Waals surface area contributed by atoms with Crippen LogP contribution in [0.3, 0.4) is 0 Å². The lowest BCUT2D eigenvalue weighted by Gasteiger charge is -2.31. The third kappa shape index (κ3) is 5.03. The van der Waals surface area contributed by atoms with Crippen LogP contribution >= 0.6 is 0 Å². The average molecular weight is 428 g/mol. The van der Waals surface area contributed by atoms with Crippen molar-refractivity contribution in [1.29, 1.82) is 0 Å². The van der Waals surface area contributed by atoms with Gasteiger partial charge in [0.05, 0.1) is 28.9 Å². The fourth-order valence-electron chi connectivity index (χ4n) is 3.32. The van der Waals surface area contributed by atoms with Crippen molar-refractivity contribution >= 4 is 27.6 Å². The van der Waals surface area contributed by atoms with Gasteiger partial charge in [-0.25, -0.2) is 13.2 Å². The zero-order valence-electron chi connectivity index (χ0n) is 16.9. The first kappa shape index (κ1) is 22.6. The Morgan fingerprint density at radius 2 is 1.90 bits per heavy atom. The van der Waals surface area contributed by atoms with E-state index in [1.165, 1.54) is 12.0 Å². The highest BCUT2D eigenvalue weighted by Crippen LogP contribution is 2.42. The molecule has 0 aliphatic carbocycles. The van der Waals surface area contributed by atoms with Crippen molar-refractivity contribution in [2.45, 2.75) is 43.7 Å². The SMILES string of the molecule is COC(=O)[C@H]1CCN(C(=O)OC(C)(C)C)[C@H]1c1cc([N+](=O)[O-])ccc1S(C)(=O)=O. The Labute approximate surface area is 168 Å². The van der Waals surface area contributed by atoms with Gasteiger partial charge < -0.3 is 14.4 Å². The largest absolute Gasteiger partial charge is 0.469 e. The van der Waals surface area contributed by atoms with Gasteiger partial charge in [-0.3, -0.25) is 14.9 Å². The number of hydrogen-bond donors (Lipinski definition) is 0. The molecule has 160 valence electrons. The third-order valence-corrected chi connectivity index (χ3v) is 5.62. The van der Waals surface area contributed by atoms with Crippen LogP contribution in [-0.2, 0) is 24.1 Å². The Balaban J connectivity index is 2.68. The molecule has 1 saturated heterocycles. The molecule has 0 spiro atoms. The number of benzene rings is 1. The second kappa shape index (κ2) is 7.97. The van der Waals surface area contributed by atoms with E-state index in [1.54, 1.807) is 20.8 Å². The molecule has 1 amide bonds. The van der Waals surface area contributed by atoms with Crippen LogP contribution in [0.15, 0.2) is 23.1 Å². The fraction of sp³-hybridized carbons (Fsp3) is 0.556. The van der Waals surface area contributed by atoms with E-state index in [0.717, 1.165) is 24.5 Å². The summed E-state index contributed by atoms with van der Waals surface area (Å²) >= 11 is 0. The van der Waals surface area contributed by atoms with E-state index in [9.17, 15) is 28.1 Å². The highest BCUT2D eigenvalue weighted by Gasteiger charge is 2.46. The van der Waals surface area contributed by atoms with Gasteiger partial charge in [-0.2, -0.15) is 0 Å². The van der Waals surface area contributed by atoms with Crippen molar-refractivity contribution in [3.8, 4) is 0 Å². The Kier molecular flexibility index (Phi) is 6.21. The second-order valence-corrected chi connectivity index (χ2v) is 9.77. The standard InChI is InChI=1S/C18H24N2O8S/c1-18(2,3)28-17(22)19-9-8-12(16(21)27-4)15(19)13-10-11(20(23)24)6-7-14(13)29(5,25)26/h6-7,10,12,15H,8-9H2,1-5H3/t12-,15+/m0/s1. The minimum Gasteiger partial charge on any atom is -0.469 e. The Bertz CT molecular complexity index is 936. The van der Waals surface area contributed by atoms with E-state index in [4.69, 9.17) is 9.47 Å². The van der Waals surface area contributed by atoms with Crippen LogP contribution in [0.1, 0.15) is 38.8 Å². The first-order valence-electron chi connectivity index (χ1n) is 8.82. The maximum absolute atomic E-state index is 12.7. The van der Waals surface area contributed by atoms with Crippen LogP contribution in [0, 0.1) is 16.0 Å². The smallest absolute Gasteiger partial charge is 0.410 e. The number of ether oxygens (including phenoxy) is 2. The molecule has 1 aromatic rings. The van der Waals surface area contributed by atoms with Crippen LogP contribution in [0.2, 0.25) is 0 Å². The molecule has 0 aromatic heterocycles. The minimum atomic E-state index is -3.81. The predicted molar refractivity (Wildman–Crippen MR) is 102 cm³/mol. The number of nitro groups is 1. The topological polar surface area (TPSA) is 133 Å². The minimum absolute atomic E-state index is 0.0135. The quantitative estimate of drug-likeness (QED) is 0.406. The van der Waals surface area contributed by atoms with E-state index >= 15 is 0 Å². The van der Waals surface area contributed by atoms with Crippen LogP contribution < -0.4 is 0 Å². The number of likely N-dealkylation sites (tertiary alicyclic amines) is 1. The molecule has 2 atom stereocenters. The highest BCUT2D eigenvalue weighted by atomic mass is 32.2. The van der Waals surface area contributed by atoms with Gasteiger partial charge in [-0.05, 0) is 33.3 Å². The van der Waals surface area contributed by atoms with Gasteiger partial charge in [0.15, 0.2) is 9.84 Å². The van der Waals surface area contributed by atoms with E-state index in [-0.39, 0.29) is 29.1 Å². The monoisotopic (exact) mass is 428 g/mol. The molecule has 11 heteroatoms. The number of carbonyl (C=O) groups is 2. The highest BCUT2D eigenvalue weighted by molar-refractivity contribution is 7.90. The lowest BCUT2D eigenvalue weighted by molar-refractivity contribution is -0.385. The molecule has 0 unspecified atom stereocenters. The Hall–Kier alpha value is -2.69. The van der Waals surface area contributed by atoms with Crippen molar-refractivity contribution in [2.24, 2.45) is 5.92 Å². The number of methoxy groups -OCH3 is 1. The van der Waals surface area contributed by atoms with Crippen molar-refractivity contribution in [3.05, 3.63) is 33.9 Å². The molecule has 1 fully saturated rings. The summed E-state index contributed by atoms with van der Waals surface area (Å²) in [5, 5.41) is 11.3. The molecule has 1 heterocycles. The maximum Gasteiger partial charge on any atom is 0.410 e. The molecule has 29 heavy (non-hydrogen) atoms. The molecule has 0 radical (unpaired) electrons. The van der Waals surface area contributed by atoms with Crippen molar-refractivity contribution in [1.82, 2.24) is 4.90 Å². The number of non-ortho nitro benzene ring substituents is 1. The summed E-state index contributed by atoms with van der Waals surface area (Å²) in [6.07, 6.45) is 0.403. The zero-order valence-corrected chi connectivity index (χ0v) is 17.7. The van der Waals surface area contributed by atoms with Crippen LogP contribution in [-0.4, -0.2) is 55.8 Å². The van der Waals surface area contributed by atoms with Gasteiger partial charge in [-0.1, -0.05) is 0 Å². The summed E-state index contributed by atoms with van der Waals surface area (Å²) in [6, 6.07) is 2.18. The number of rotatable bonds is 4. The molecule has 0 bridgehead atoms. The van der Waals surface area contributed by atoms with Gasteiger partial charge in [-0.15, -0.1) is 0 Å².